The summed E-state index contributed by atoms with van der Waals surface area (Å²) in [6.07, 6.45) is 3.46. The lowest BCUT2D eigenvalue weighted by atomic mass is 10.1. The fourth-order valence-electron chi connectivity index (χ4n) is 1.90. The van der Waals surface area contributed by atoms with Crippen molar-refractivity contribution < 1.29 is 4.79 Å². The molecule has 1 aromatic carbocycles. The van der Waals surface area contributed by atoms with E-state index in [0.717, 1.165) is 5.56 Å². The Labute approximate surface area is 129 Å². The third kappa shape index (κ3) is 2.57. The van der Waals surface area contributed by atoms with Gasteiger partial charge in [0.15, 0.2) is 5.78 Å². The van der Waals surface area contributed by atoms with E-state index >= 15 is 0 Å². The Morgan fingerprint density at radius 3 is 2.70 bits per heavy atom. The number of nitrogens with zero attached hydrogens (tertiary/aromatic N) is 1. The summed E-state index contributed by atoms with van der Waals surface area (Å²) in [4.78, 5) is 17.1. The highest BCUT2D eigenvalue weighted by Crippen LogP contribution is 2.41. The topological polar surface area (TPSA) is 53.8 Å². The van der Waals surface area contributed by atoms with Gasteiger partial charge in [-0.1, -0.05) is 35.5 Å². The normalized spacial score (nSPS) is 20.9. The Morgan fingerprint density at radius 1 is 1.30 bits per heavy atom. The maximum absolute atomic E-state index is 12.4. The van der Waals surface area contributed by atoms with Crippen LogP contribution >= 0.6 is 34.7 Å². The zero-order chi connectivity index (χ0) is 14.1. The first-order valence-corrected chi connectivity index (χ1v) is 7.90. The van der Waals surface area contributed by atoms with Crippen LogP contribution in [0.5, 0.6) is 0 Å². The van der Waals surface area contributed by atoms with E-state index in [9.17, 15) is 4.79 Å². The number of benzene rings is 1. The Bertz CT molecular complexity index is 692. The molecule has 1 aliphatic heterocycles. The summed E-state index contributed by atoms with van der Waals surface area (Å²) >= 11 is 8.45. The van der Waals surface area contributed by atoms with E-state index in [1.54, 1.807) is 24.4 Å². The molecule has 0 spiro atoms. The maximum Gasteiger partial charge on any atom is 0.186 e. The Hall–Kier alpha value is -1.43. The van der Waals surface area contributed by atoms with Gasteiger partial charge in [0.25, 0.3) is 0 Å². The van der Waals surface area contributed by atoms with Crippen molar-refractivity contribution in [1.29, 1.82) is 5.41 Å². The highest BCUT2D eigenvalue weighted by Gasteiger charge is 2.38. The van der Waals surface area contributed by atoms with Crippen LogP contribution in [0.3, 0.4) is 0 Å². The molecule has 0 amide bonds. The van der Waals surface area contributed by atoms with E-state index < -0.39 is 5.92 Å². The average molecular weight is 321 g/mol. The van der Waals surface area contributed by atoms with Crippen LogP contribution in [0.4, 0.5) is 0 Å². The predicted molar refractivity (Wildman–Crippen MR) is 84.6 cm³/mol. The number of halogens is 1. The van der Waals surface area contributed by atoms with Crippen molar-refractivity contribution >= 4 is 51.6 Å². The first-order chi connectivity index (χ1) is 9.65. The third-order valence-electron chi connectivity index (χ3n) is 2.85. The van der Waals surface area contributed by atoms with Crippen molar-refractivity contribution in [1.82, 2.24) is 4.98 Å². The number of rotatable bonds is 2. The monoisotopic (exact) mass is 320 g/mol. The van der Waals surface area contributed by atoms with Crippen LogP contribution < -0.4 is 0 Å². The molecule has 0 aliphatic carbocycles. The molecular weight excluding hydrogens is 312 g/mol. The molecule has 6 heteroatoms. The van der Waals surface area contributed by atoms with Crippen LogP contribution in [0.1, 0.15) is 16.5 Å². The third-order valence-corrected chi connectivity index (χ3v) is 4.94. The molecule has 0 bridgehead atoms. The molecule has 1 atom stereocenters. The van der Waals surface area contributed by atoms with Gasteiger partial charge in [-0.15, -0.1) is 11.3 Å². The van der Waals surface area contributed by atoms with Gasteiger partial charge < -0.3 is 0 Å². The predicted octanol–water partition coefficient (Wildman–Crippen LogP) is 4.21. The summed E-state index contributed by atoms with van der Waals surface area (Å²) in [6, 6.07) is 7.26. The number of thiazole rings is 1. The van der Waals surface area contributed by atoms with Gasteiger partial charge in [0, 0.05) is 16.6 Å². The Morgan fingerprint density at radius 2 is 2.05 bits per heavy atom. The molecule has 2 aromatic rings. The van der Waals surface area contributed by atoms with Crippen LogP contribution in [0.25, 0.3) is 6.08 Å². The number of hydrogen-bond acceptors (Lipinski definition) is 5. The van der Waals surface area contributed by atoms with E-state index in [1.807, 2.05) is 17.5 Å². The first-order valence-electron chi connectivity index (χ1n) is 5.82. The van der Waals surface area contributed by atoms with E-state index in [2.05, 4.69) is 4.98 Å². The summed E-state index contributed by atoms with van der Waals surface area (Å²) in [7, 11) is 0. The first kappa shape index (κ1) is 13.5. The molecular formula is C14H9ClN2OS2. The maximum atomic E-state index is 12.4. The Kier molecular flexibility index (Phi) is 3.74. The van der Waals surface area contributed by atoms with Crippen molar-refractivity contribution in [2.24, 2.45) is 0 Å². The molecule has 1 aliphatic rings. The van der Waals surface area contributed by atoms with Gasteiger partial charge in [-0.25, -0.2) is 4.98 Å². The molecule has 0 radical (unpaired) electrons. The van der Waals surface area contributed by atoms with Gasteiger partial charge >= 0.3 is 0 Å². The molecule has 20 heavy (non-hydrogen) atoms. The lowest BCUT2D eigenvalue weighted by molar-refractivity contribution is -0.114. The molecule has 3 rings (SSSR count). The van der Waals surface area contributed by atoms with Crippen molar-refractivity contribution in [3.05, 3.63) is 56.3 Å². The van der Waals surface area contributed by atoms with Gasteiger partial charge in [0.2, 0.25) is 0 Å². The number of carbonyl (C=O) groups is 1. The van der Waals surface area contributed by atoms with Gasteiger partial charge in [-0.2, -0.15) is 0 Å². The standard InChI is InChI=1S/C14H9ClN2OS2/c15-9-3-1-8(2-4-9)7-10-12(18)11(13(16)20-10)14-17-5-6-19-14/h1-7,11,16H/b10-7-,16-13?/t11-/m0/s1. The highest BCUT2D eigenvalue weighted by atomic mass is 35.5. The quantitative estimate of drug-likeness (QED) is 0.843. The molecule has 1 saturated heterocycles. The van der Waals surface area contributed by atoms with Crippen LogP contribution in [0.15, 0.2) is 40.7 Å². The number of allylic oxidation sites excluding steroid dienone is 1. The van der Waals surface area contributed by atoms with Crippen LogP contribution in [0, 0.1) is 5.41 Å². The van der Waals surface area contributed by atoms with Crippen LogP contribution in [0.2, 0.25) is 5.02 Å². The smallest absolute Gasteiger partial charge is 0.186 e. The number of ketones is 1. The van der Waals surface area contributed by atoms with Crippen molar-refractivity contribution in [2.45, 2.75) is 5.92 Å². The Balaban J connectivity index is 1.91. The minimum Gasteiger partial charge on any atom is -0.297 e. The summed E-state index contributed by atoms with van der Waals surface area (Å²) in [5, 5.41) is 11.5. The fraction of sp³-hybridized carbons (Fsp3) is 0.0714. The molecule has 2 heterocycles. The second kappa shape index (κ2) is 5.52. The van der Waals surface area contributed by atoms with E-state index in [-0.39, 0.29) is 5.78 Å². The zero-order valence-corrected chi connectivity index (χ0v) is 12.6. The minimum absolute atomic E-state index is 0.0510. The van der Waals surface area contributed by atoms with Crippen molar-refractivity contribution in [2.75, 3.05) is 0 Å². The van der Waals surface area contributed by atoms with Gasteiger partial charge in [-0.3, -0.25) is 10.2 Å². The SMILES string of the molecule is N=C1S/C(=C\c2ccc(Cl)cc2)C(=O)[C@@H]1c1nccs1. The number of nitrogens with one attached hydrogen (secondary N) is 1. The van der Waals surface area contributed by atoms with Crippen LogP contribution in [-0.2, 0) is 4.79 Å². The number of Topliss-reactive ketones (excluding diaryl/α,β-unsaturated/α-hetero) is 1. The summed E-state index contributed by atoms with van der Waals surface area (Å²) in [5.41, 5.74) is 0.901. The summed E-state index contributed by atoms with van der Waals surface area (Å²) < 4.78 is 0. The van der Waals surface area contributed by atoms with Gasteiger partial charge in [0.1, 0.15) is 10.9 Å². The minimum atomic E-state index is -0.529. The van der Waals surface area contributed by atoms with Gasteiger partial charge in [-0.05, 0) is 23.8 Å². The van der Waals surface area contributed by atoms with Crippen molar-refractivity contribution in [3.8, 4) is 0 Å². The van der Waals surface area contributed by atoms with E-state index in [4.69, 9.17) is 17.0 Å². The number of hydrogen-bond donors (Lipinski definition) is 1. The highest BCUT2D eigenvalue weighted by molar-refractivity contribution is 8.19. The summed E-state index contributed by atoms with van der Waals surface area (Å²) in [5.74, 6) is -0.580. The van der Waals surface area contributed by atoms with E-state index in [0.29, 0.717) is 20.0 Å². The zero-order valence-electron chi connectivity index (χ0n) is 10.2. The number of aromatic nitrogens is 1. The molecule has 0 unspecified atom stereocenters. The number of carbonyl (C=O) groups excluding carboxylic acids is 1. The number of thioether (sulfide) groups is 1. The molecule has 1 fully saturated rings. The summed E-state index contributed by atoms with van der Waals surface area (Å²) in [6.45, 7) is 0. The lowest BCUT2D eigenvalue weighted by Crippen LogP contribution is -2.11. The molecule has 3 nitrogen and oxygen atoms in total. The molecule has 1 N–H and O–H groups in total. The molecule has 1 aromatic heterocycles. The second-order valence-corrected chi connectivity index (χ2v) is 6.64. The van der Waals surface area contributed by atoms with Gasteiger partial charge in [0.05, 0.1) is 9.95 Å². The molecule has 0 saturated carbocycles. The fourth-order valence-corrected chi connectivity index (χ4v) is 3.83. The average Bonchev–Trinajstić information content (AvgIpc) is 3.02. The largest absolute Gasteiger partial charge is 0.297 e. The molecule has 100 valence electrons. The van der Waals surface area contributed by atoms with Crippen LogP contribution in [-0.4, -0.2) is 15.8 Å². The van der Waals surface area contributed by atoms with E-state index in [1.165, 1.54) is 23.1 Å². The van der Waals surface area contributed by atoms with Crippen molar-refractivity contribution in [3.63, 3.8) is 0 Å². The lowest BCUT2D eigenvalue weighted by Gasteiger charge is -2.01. The second-order valence-electron chi connectivity index (χ2n) is 4.19.